The number of alkyl halides is 1. The Hall–Kier alpha value is -1.29. The van der Waals surface area contributed by atoms with Crippen molar-refractivity contribution in [1.29, 1.82) is 0 Å². The van der Waals surface area contributed by atoms with E-state index in [1.165, 1.54) is 19.6 Å². The predicted molar refractivity (Wildman–Crippen MR) is 84.5 cm³/mol. The van der Waals surface area contributed by atoms with Crippen LogP contribution in [-0.4, -0.2) is 16.7 Å². The second-order valence-electron chi connectivity index (χ2n) is 5.68. The lowest BCUT2D eigenvalue weighted by atomic mass is 10.1. The fourth-order valence-corrected chi connectivity index (χ4v) is 2.71. The van der Waals surface area contributed by atoms with Gasteiger partial charge in [-0.2, -0.15) is 0 Å². The number of imidazole rings is 1. The summed E-state index contributed by atoms with van der Waals surface area (Å²) in [4.78, 5) is 4.42. The van der Waals surface area contributed by atoms with E-state index in [-0.39, 0.29) is 5.75 Å². The Bertz CT molecular complexity index is 610. The number of fused-ring (bicyclic) bond motifs is 1. The molecule has 0 aliphatic carbocycles. The molecular weight excluding hydrogens is 291 g/mol. The van der Waals surface area contributed by atoms with Crippen molar-refractivity contribution in [3.63, 3.8) is 0 Å². The summed E-state index contributed by atoms with van der Waals surface area (Å²) in [6.45, 7) is 5.30. The fourth-order valence-electron chi connectivity index (χ4n) is 2.51. The van der Waals surface area contributed by atoms with Crippen LogP contribution in [0.15, 0.2) is 12.1 Å². The highest BCUT2D eigenvalue weighted by molar-refractivity contribution is 6.16. The minimum Gasteiger partial charge on any atom is -0.494 e. The molecule has 0 atom stereocenters. The van der Waals surface area contributed by atoms with Crippen molar-refractivity contribution >= 4 is 22.6 Å². The number of nitrogens with zero attached hydrogens (tertiary/aromatic N) is 2. The Balaban J connectivity index is 2.27. The van der Waals surface area contributed by atoms with Crippen LogP contribution >= 0.6 is 11.6 Å². The SMILES string of the molecule is COc1cc2c(cc1F)nc(CCl)n2CCCCC(C)C. The Kier molecular flexibility index (Phi) is 5.45. The van der Waals surface area contributed by atoms with Crippen LogP contribution in [0, 0.1) is 11.7 Å². The van der Waals surface area contributed by atoms with Crippen LogP contribution in [0.5, 0.6) is 5.75 Å². The highest BCUT2D eigenvalue weighted by atomic mass is 35.5. The van der Waals surface area contributed by atoms with Gasteiger partial charge in [-0.05, 0) is 12.3 Å². The van der Waals surface area contributed by atoms with Gasteiger partial charge in [-0.25, -0.2) is 9.37 Å². The van der Waals surface area contributed by atoms with Crippen molar-refractivity contribution in [3.05, 3.63) is 23.8 Å². The number of hydrogen-bond donors (Lipinski definition) is 0. The molecular formula is C16H22ClFN2O. The molecule has 2 rings (SSSR count). The zero-order valence-corrected chi connectivity index (χ0v) is 13.6. The van der Waals surface area contributed by atoms with Gasteiger partial charge in [-0.15, -0.1) is 11.6 Å². The van der Waals surface area contributed by atoms with Crippen LogP contribution < -0.4 is 4.74 Å². The molecule has 0 aliphatic heterocycles. The maximum absolute atomic E-state index is 13.8. The number of benzene rings is 1. The van der Waals surface area contributed by atoms with Crippen molar-refractivity contribution < 1.29 is 9.13 Å². The summed E-state index contributed by atoms with van der Waals surface area (Å²) in [5.41, 5.74) is 1.52. The molecule has 21 heavy (non-hydrogen) atoms. The van der Waals surface area contributed by atoms with Crippen molar-refractivity contribution in [2.45, 2.75) is 45.5 Å². The van der Waals surface area contributed by atoms with Gasteiger partial charge in [-0.1, -0.05) is 26.7 Å². The maximum atomic E-state index is 13.8. The zero-order valence-electron chi connectivity index (χ0n) is 12.8. The van der Waals surface area contributed by atoms with Gasteiger partial charge in [0.25, 0.3) is 0 Å². The molecule has 0 radical (unpaired) electrons. The summed E-state index contributed by atoms with van der Waals surface area (Å²) in [6, 6.07) is 3.12. The number of unbranched alkanes of at least 4 members (excludes halogenated alkanes) is 1. The second kappa shape index (κ2) is 7.12. The van der Waals surface area contributed by atoms with Gasteiger partial charge in [-0.3, -0.25) is 0 Å². The molecule has 1 aromatic carbocycles. The molecule has 0 spiro atoms. The van der Waals surface area contributed by atoms with Crippen LogP contribution in [0.25, 0.3) is 11.0 Å². The van der Waals surface area contributed by atoms with Gasteiger partial charge in [0, 0.05) is 18.7 Å². The number of methoxy groups -OCH3 is 1. The maximum Gasteiger partial charge on any atom is 0.167 e. The first-order valence-corrected chi connectivity index (χ1v) is 7.88. The van der Waals surface area contributed by atoms with E-state index in [2.05, 4.69) is 23.4 Å². The summed E-state index contributed by atoms with van der Waals surface area (Å²) in [6.07, 6.45) is 3.44. The van der Waals surface area contributed by atoms with Gasteiger partial charge in [0.2, 0.25) is 0 Å². The molecule has 0 aliphatic rings. The third kappa shape index (κ3) is 3.67. The Morgan fingerprint density at radius 2 is 2.10 bits per heavy atom. The van der Waals surface area contributed by atoms with Crippen molar-refractivity contribution in [3.8, 4) is 5.75 Å². The Morgan fingerprint density at radius 3 is 2.71 bits per heavy atom. The highest BCUT2D eigenvalue weighted by Gasteiger charge is 2.14. The Morgan fingerprint density at radius 1 is 1.33 bits per heavy atom. The molecule has 1 aromatic heterocycles. The van der Waals surface area contributed by atoms with Gasteiger partial charge in [0.05, 0.1) is 24.0 Å². The molecule has 116 valence electrons. The van der Waals surface area contributed by atoms with E-state index < -0.39 is 5.82 Å². The molecule has 0 fully saturated rings. The largest absolute Gasteiger partial charge is 0.494 e. The number of halogens is 2. The molecule has 3 nitrogen and oxygen atoms in total. The monoisotopic (exact) mass is 312 g/mol. The van der Waals surface area contributed by atoms with Crippen LogP contribution in [0.2, 0.25) is 0 Å². The summed E-state index contributed by atoms with van der Waals surface area (Å²) >= 11 is 5.97. The van der Waals surface area contributed by atoms with Gasteiger partial charge < -0.3 is 9.30 Å². The lowest BCUT2D eigenvalue weighted by Gasteiger charge is -2.09. The molecule has 0 amide bonds. The van der Waals surface area contributed by atoms with Crippen LogP contribution in [0.1, 0.15) is 38.9 Å². The fraction of sp³-hybridized carbons (Fsp3) is 0.562. The van der Waals surface area contributed by atoms with Crippen molar-refractivity contribution in [2.75, 3.05) is 7.11 Å². The first-order valence-electron chi connectivity index (χ1n) is 7.35. The number of hydrogen-bond acceptors (Lipinski definition) is 2. The van der Waals surface area contributed by atoms with Gasteiger partial charge >= 0.3 is 0 Å². The van der Waals surface area contributed by atoms with Crippen molar-refractivity contribution in [2.24, 2.45) is 5.92 Å². The Labute approximate surface area is 130 Å². The number of rotatable bonds is 7. The normalized spacial score (nSPS) is 11.5. The number of ether oxygens (including phenoxy) is 1. The standard InChI is InChI=1S/C16H22ClFN2O/c1-11(2)6-4-5-7-20-14-9-15(21-3)12(18)8-13(14)19-16(20)10-17/h8-9,11H,4-7,10H2,1-3H3. The van der Waals surface area contributed by atoms with E-state index >= 15 is 0 Å². The summed E-state index contributed by atoms with van der Waals surface area (Å²) in [5, 5.41) is 0. The van der Waals surface area contributed by atoms with E-state index in [0.717, 1.165) is 30.7 Å². The van der Waals surface area contributed by atoms with E-state index in [4.69, 9.17) is 16.3 Å². The van der Waals surface area contributed by atoms with E-state index in [1.54, 1.807) is 6.07 Å². The first kappa shape index (κ1) is 16.1. The quantitative estimate of drug-likeness (QED) is 0.545. The molecule has 5 heteroatoms. The average Bonchev–Trinajstić information content (AvgIpc) is 2.79. The molecule has 0 N–H and O–H groups in total. The average molecular weight is 313 g/mol. The molecule has 0 bridgehead atoms. The third-order valence-electron chi connectivity index (χ3n) is 3.63. The minimum atomic E-state index is -0.393. The summed E-state index contributed by atoms with van der Waals surface area (Å²) < 4.78 is 20.9. The molecule has 0 unspecified atom stereocenters. The topological polar surface area (TPSA) is 27.1 Å². The third-order valence-corrected chi connectivity index (χ3v) is 3.87. The van der Waals surface area contributed by atoms with E-state index in [0.29, 0.717) is 17.3 Å². The number of aromatic nitrogens is 2. The molecule has 1 heterocycles. The first-order chi connectivity index (χ1) is 10.1. The molecule has 2 aromatic rings. The molecule has 0 saturated heterocycles. The van der Waals surface area contributed by atoms with Crippen LogP contribution in [0.3, 0.4) is 0 Å². The van der Waals surface area contributed by atoms with Gasteiger partial charge in [0.15, 0.2) is 11.6 Å². The van der Waals surface area contributed by atoms with Crippen LogP contribution in [0.4, 0.5) is 4.39 Å². The van der Waals surface area contributed by atoms with E-state index in [9.17, 15) is 4.39 Å². The lowest BCUT2D eigenvalue weighted by molar-refractivity contribution is 0.387. The van der Waals surface area contributed by atoms with Gasteiger partial charge in [0.1, 0.15) is 5.82 Å². The lowest BCUT2D eigenvalue weighted by Crippen LogP contribution is -2.03. The number of aryl methyl sites for hydroxylation is 1. The highest BCUT2D eigenvalue weighted by Crippen LogP contribution is 2.26. The summed E-state index contributed by atoms with van der Waals surface area (Å²) in [7, 11) is 1.47. The molecule has 0 saturated carbocycles. The summed E-state index contributed by atoms with van der Waals surface area (Å²) in [5.74, 6) is 1.67. The van der Waals surface area contributed by atoms with Crippen LogP contribution in [-0.2, 0) is 12.4 Å². The smallest absolute Gasteiger partial charge is 0.167 e. The predicted octanol–water partition coefficient (Wildman–Crippen LogP) is 4.75. The minimum absolute atomic E-state index is 0.243. The second-order valence-corrected chi connectivity index (χ2v) is 5.95. The zero-order chi connectivity index (χ0) is 15.4. The van der Waals surface area contributed by atoms with E-state index in [1.807, 2.05) is 0 Å². The van der Waals surface area contributed by atoms with Crippen molar-refractivity contribution in [1.82, 2.24) is 9.55 Å².